The number of ether oxygens (including phenoxy) is 1. The van der Waals surface area contributed by atoms with Gasteiger partial charge in [-0.1, -0.05) is 0 Å². The van der Waals surface area contributed by atoms with Gasteiger partial charge in [0.2, 0.25) is 5.95 Å². The zero-order valence-electron chi connectivity index (χ0n) is 10.1. The first-order valence-electron chi connectivity index (χ1n) is 5.87. The molecule has 3 heterocycles. The van der Waals surface area contributed by atoms with Crippen LogP contribution in [0, 0.1) is 0 Å². The van der Waals surface area contributed by atoms with Crippen LogP contribution in [0.5, 0.6) is 0 Å². The largest absolute Gasteiger partial charge is 0.394 e. The van der Waals surface area contributed by atoms with Crippen molar-refractivity contribution in [3.05, 3.63) is 6.33 Å². The first-order valence-corrected chi connectivity index (χ1v) is 5.87. The molecule has 3 rings (SSSR count). The summed E-state index contributed by atoms with van der Waals surface area (Å²) >= 11 is 0. The first kappa shape index (κ1) is 12.1. The van der Waals surface area contributed by atoms with Gasteiger partial charge in [-0.15, -0.1) is 0 Å². The van der Waals surface area contributed by atoms with Gasteiger partial charge in [0.15, 0.2) is 11.5 Å². The fourth-order valence-corrected chi connectivity index (χ4v) is 2.27. The quantitative estimate of drug-likeness (QED) is 0.517. The molecule has 1 fully saturated rings. The van der Waals surface area contributed by atoms with E-state index in [-0.39, 0.29) is 36.7 Å². The van der Waals surface area contributed by atoms with E-state index in [0.717, 1.165) is 0 Å². The normalized spacial score (nSPS) is 27.2. The molecule has 1 aliphatic rings. The van der Waals surface area contributed by atoms with E-state index in [0.29, 0.717) is 17.6 Å². The zero-order valence-corrected chi connectivity index (χ0v) is 10.1. The lowest BCUT2D eigenvalue weighted by Gasteiger charge is -2.13. The Morgan fingerprint density at radius 2 is 2.21 bits per heavy atom. The summed E-state index contributed by atoms with van der Waals surface area (Å²) in [5, 5.41) is 9.16. The highest BCUT2D eigenvalue weighted by atomic mass is 16.5. The lowest BCUT2D eigenvalue weighted by Crippen LogP contribution is -2.32. The molecule has 1 saturated heterocycles. The number of aliphatic hydroxyl groups excluding tert-OH is 1. The van der Waals surface area contributed by atoms with Gasteiger partial charge in [0, 0.05) is 12.5 Å². The number of hydrogen-bond donors (Lipinski definition) is 4. The van der Waals surface area contributed by atoms with Gasteiger partial charge < -0.3 is 27.0 Å². The third-order valence-electron chi connectivity index (χ3n) is 3.24. The molecular weight excluding hydrogens is 250 g/mol. The van der Waals surface area contributed by atoms with E-state index >= 15 is 0 Å². The molecule has 0 unspecified atom stereocenters. The van der Waals surface area contributed by atoms with Crippen LogP contribution >= 0.6 is 0 Å². The Bertz CT molecular complexity index is 613. The Balaban J connectivity index is 2.02. The molecule has 102 valence electrons. The molecule has 9 nitrogen and oxygen atoms in total. The van der Waals surface area contributed by atoms with Gasteiger partial charge >= 0.3 is 0 Å². The van der Waals surface area contributed by atoms with Crippen LogP contribution < -0.4 is 17.2 Å². The Morgan fingerprint density at radius 3 is 2.89 bits per heavy atom. The third kappa shape index (κ3) is 1.87. The molecule has 7 N–H and O–H groups in total. The second-order valence-electron chi connectivity index (χ2n) is 4.50. The molecule has 9 heteroatoms. The molecule has 2 aromatic heterocycles. The highest BCUT2D eigenvalue weighted by Crippen LogP contribution is 2.30. The van der Waals surface area contributed by atoms with E-state index in [4.69, 9.17) is 27.0 Å². The molecule has 0 aromatic carbocycles. The number of nitrogens with two attached hydrogens (primary N) is 3. The number of rotatable bonds is 2. The van der Waals surface area contributed by atoms with Crippen molar-refractivity contribution in [2.75, 3.05) is 18.1 Å². The van der Waals surface area contributed by atoms with E-state index < -0.39 is 0 Å². The number of fused-ring (bicyclic) bond motifs is 1. The van der Waals surface area contributed by atoms with E-state index in [9.17, 15) is 0 Å². The van der Waals surface area contributed by atoms with Crippen molar-refractivity contribution < 1.29 is 9.84 Å². The summed E-state index contributed by atoms with van der Waals surface area (Å²) in [6.45, 7) is -0.121. The van der Waals surface area contributed by atoms with Gasteiger partial charge in [-0.2, -0.15) is 9.97 Å². The first-order chi connectivity index (χ1) is 9.10. The van der Waals surface area contributed by atoms with Gasteiger partial charge in [0.1, 0.15) is 11.7 Å². The summed E-state index contributed by atoms with van der Waals surface area (Å²) in [5.41, 5.74) is 18.2. The van der Waals surface area contributed by atoms with Crippen LogP contribution in [-0.2, 0) is 4.74 Å². The molecule has 3 atom stereocenters. The molecule has 0 amide bonds. The van der Waals surface area contributed by atoms with Crippen molar-refractivity contribution in [2.45, 2.75) is 24.8 Å². The average Bonchev–Trinajstić information content (AvgIpc) is 2.92. The predicted molar refractivity (Wildman–Crippen MR) is 67.7 cm³/mol. The van der Waals surface area contributed by atoms with Crippen LogP contribution in [0.4, 0.5) is 11.8 Å². The highest BCUT2D eigenvalue weighted by molar-refractivity contribution is 5.82. The number of aromatic nitrogens is 4. The van der Waals surface area contributed by atoms with Crippen LogP contribution in [0.25, 0.3) is 11.2 Å². The summed E-state index contributed by atoms with van der Waals surface area (Å²) < 4.78 is 7.37. The van der Waals surface area contributed by atoms with Crippen molar-refractivity contribution >= 4 is 22.9 Å². The van der Waals surface area contributed by atoms with E-state index in [1.807, 2.05) is 0 Å². The Hall–Kier alpha value is -1.97. The molecular formula is C10H15N7O2. The van der Waals surface area contributed by atoms with Crippen molar-refractivity contribution in [3.8, 4) is 0 Å². The number of aliphatic hydroxyl groups is 1. The standard InChI is InChI=1S/C10H15N7O2/c11-4-1-6(19-5(4)2-18)17-3-14-7-8(12)15-10(13)16-9(7)17/h3-6,18H,1-2,11H2,(H4,12,13,15,16)/t4-,5-,6-/m1/s1. The number of imidazole rings is 1. The van der Waals surface area contributed by atoms with Crippen LogP contribution in [0.3, 0.4) is 0 Å². The molecule has 0 radical (unpaired) electrons. The van der Waals surface area contributed by atoms with Crippen LogP contribution in [0.2, 0.25) is 0 Å². The second kappa shape index (κ2) is 4.30. The van der Waals surface area contributed by atoms with E-state index in [2.05, 4.69) is 15.0 Å². The minimum atomic E-state index is -0.390. The predicted octanol–water partition coefficient (Wildman–Crippen LogP) is -1.40. The maximum atomic E-state index is 9.16. The van der Waals surface area contributed by atoms with Crippen molar-refractivity contribution in [1.82, 2.24) is 19.5 Å². The van der Waals surface area contributed by atoms with Gasteiger partial charge in [-0.3, -0.25) is 4.57 Å². The second-order valence-corrected chi connectivity index (χ2v) is 4.50. The van der Waals surface area contributed by atoms with Crippen LogP contribution in [0.15, 0.2) is 6.33 Å². The Labute approximate surface area is 108 Å². The average molecular weight is 265 g/mol. The van der Waals surface area contributed by atoms with Crippen LogP contribution in [-0.4, -0.2) is 43.4 Å². The van der Waals surface area contributed by atoms with Crippen molar-refractivity contribution in [2.24, 2.45) is 5.73 Å². The third-order valence-corrected chi connectivity index (χ3v) is 3.24. The highest BCUT2D eigenvalue weighted by Gasteiger charge is 2.34. The smallest absolute Gasteiger partial charge is 0.224 e. The van der Waals surface area contributed by atoms with Gasteiger partial charge in [0.05, 0.1) is 19.0 Å². The fourth-order valence-electron chi connectivity index (χ4n) is 2.27. The number of hydrogen-bond acceptors (Lipinski definition) is 8. The maximum Gasteiger partial charge on any atom is 0.224 e. The SMILES string of the molecule is Nc1nc(N)c2ncn([C@H]3C[C@@H](N)[C@@H](CO)O3)c2n1. The van der Waals surface area contributed by atoms with Crippen LogP contribution in [0.1, 0.15) is 12.6 Å². The van der Waals surface area contributed by atoms with E-state index in [1.165, 1.54) is 0 Å². The molecule has 0 spiro atoms. The van der Waals surface area contributed by atoms with Gasteiger partial charge in [0.25, 0.3) is 0 Å². The monoisotopic (exact) mass is 265 g/mol. The minimum absolute atomic E-state index is 0.0766. The maximum absolute atomic E-state index is 9.16. The van der Waals surface area contributed by atoms with Gasteiger partial charge in [-0.25, -0.2) is 4.98 Å². The molecule has 2 aromatic rings. The molecule has 19 heavy (non-hydrogen) atoms. The summed E-state index contributed by atoms with van der Waals surface area (Å²) in [7, 11) is 0. The minimum Gasteiger partial charge on any atom is -0.394 e. The van der Waals surface area contributed by atoms with Crippen molar-refractivity contribution in [3.63, 3.8) is 0 Å². The summed E-state index contributed by atoms with van der Waals surface area (Å²) in [4.78, 5) is 12.1. The Kier molecular flexibility index (Phi) is 2.73. The lowest BCUT2D eigenvalue weighted by molar-refractivity contribution is -0.0233. The number of nitrogen functional groups attached to an aromatic ring is 2. The molecule has 0 bridgehead atoms. The molecule has 0 saturated carbocycles. The summed E-state index contributed by atoms with van der Waals surface area (Å²) in [6.07, 6.45) is 1.39. The van der Waals surface area contributed by atoms with Gasteiger partial charge in [-0.05, 0) is 0 Å². The zero-order chi connectivity index (χ0) is 13.6. The summed E-state index contributed by atoms with van der Waals surface area (Å²) in [5.74, 6) is 0.301. The molecule has 0 aliphatic carbocycles. The summed E-state index contributed by atoms with van der Waals surface area (Å²) in [6, 6.07) is -0.232. The topological polar surface area (TPSA) is 151 Å². The number of nitrogens with zero attached hydrogens (tertiary/aromatic N) is 4. The number of anilines is 2. The lowest BCUT2D eigenvalue weighted by atomic mass is 10.1. The molecule has 1 aliphatic heterocycles. The fraction of sp³-hybridized carbons (Fsp3) is 0.500. The van der Waals surface area contributed by atoms with E-state index in [1.54, 1.807) is 10.9 Å². The Morgan fingerprint density at radius 1 is 1.42 bits per heavy atom. The van der Waals surface area contributed by atoms with Crippen molar-refractivity contribution in [1.29, 1.82) is 0 Å².